The number of ether oxygens (including phenoxy) is 1. The molecule has 5 heteroatoms. The number of nitrogens with zero attached hydrogens (tertiary/aromatic N) is 3. The summed E-state index contributed by atoms with van der Waals surface area (Å²) in [5.74, 6) is 2.53. The second-order valence-corrected chi connectivity index (χ2v) is 6.20. The second kappa shape index (κ2) is 6.86. The first-order valence-electron chi connectivity index (χ1n) is 8.24. The monoisotopic (exact) mass is 312 g/mol. The van der Waals surface area contributed by atoms with E-state index in [4.69, 9.17) is 4.74 Å². The Morgan fingerprint density at radius 1 is 1.09 bits per heavy atom. The molecule has 1 aliphatic heterocycles. The summed E-state index contributed by atoms with van der Waals surface area (Å²) in [6.45, 7) is 8.14. The lowest BCUT2D eigenvalue weighted by Crippen LogP contribution is -2.21. The lowest BCUT2D eigenvalue weighted by Gasteiger charge is -2.17. The molecule has 0 saturated carbocycles. The number of aromatic nitrogens is 2. The highest BCUT2D eigenvalue weighted by Crippen LogP contribution is 2.23. The molecule has 0 atom stereocenters. The molecule has 3 rings (SSSR count). The van der Waals surface area contributed by atoms with Crippen LogP contribution in [-0.4, -0.2) is 29.2 Å². The fraction of sp³-hybridized carbons (Fsp3) is 0.444. The van der Waals surface area contributed by atoms with Gasteiger partial charge in [0.2, 0.25) is 5.95 Å². The number of aryl methyl sites for hydroxylation is 1. The summed E-state index contributed by atoms with van der Waals surface area (Å²) in [5, 5.41) is 3.36. The minimum absolute atomic E-state index is 0.182. The Morgan fingerprint density at radius 3 is 2.43 bits per heavy atom. The van der Waals surface area contributed by atoms with Crippen molar-refractivity contribution < 1.29 is 4.74 Å². The molecular formula is C18H24N4O. The standard InChI is InChI=1S/C18H24N4O/c1-13(2)23-16-8-6-15(7-9-16)20-17-12-14(3)19-18(21-17)22-10-4-5-11-22/h6-9,12-13H,4-5,10-11H2,1-3H3,(H,19,20,21). The first-order chi connectivity index (χ1) is 11.1. The molecule has 1 aliphatic rings. The Hall–Kier alpha value is -2.30. The van der Waals surface area contributed by atoms with Crippen molar-refractivity contribution in [3.8, 4) is 5.75 Å². The van der Waals surface area contributed by atoms with Crippen LogP contribution >= 0.6 is 0 Å². The normalized spacial score (nSPS) is 14.3. The summed E-state index contributed by atoms with van der Waals surface area (Å²) >= 11 is 0. The average Bonchev–Trinajstić information content (AvgIpc) is 3.02. The van der Waals surface area contributed by atoms with Gasteiger partial charge in [0, 0.05) is 30.5 Å². The molecule has 1 saturated heterocycles. The maximum Gasteiger partial charge on any atom is 0.227 e. The highest BCUT2D eigenvalue weighted by molar-refractivity contribution is 5.58. The van der Waals surface area contributed by atoms with Crippen molar-refractivity contribution in [1.82, 2.24) is 9.97 Å². The molecule has 23 heavy (non-hydrogen) atoms. The van der Waals surface area contributed by atoms with Crippen LogP contribution in [0, 0.1) is 6.92 Å². The maximum absolute atomic E-state index is 5.67. The molecule has 2 heterocycles. The Labute approximate surface area is 137 Å². The zero-order chi connectivity index (χ0) is 16.2. The van der Waals surface area contributed by atoms with Crippen molar-refractivity contribution in [3.05, 3.63) is 36.0 Å². The van der Waals surface area contributed by atoms with E-state index in [9.17, 15) is 0 Å². The number of nitrogens with one attached hydrogen (secondary N) is 1. The Bertz CT molecular complexity index is 649. The van der Waals surface area contributed by atoms with Gasteiger partial charge in [0.25, 0.3) is 0 Å². The summed E-state index contributed by atoms with van der Waals surface area (Å²) in [6, 6.07) is 9.92. The number of hydrogen-bond donors (Lipinski definition) is 1. The van der Waals surface area contributed by atoms with Gasteiger partial charge in [-0.3, -0.25) is 0 Å². The van der Waals surface area contributed by atoms with E-state index < -0.39 is 0 Å². The number of rotatable bonds is 5. The topological polar surface area (TPSA) is 50.3 Å². The summed E-state index contributed by atoms with van der Waals surface area (Å²) in [5.41, 5.74) is 1.97. The van der Waals surface area contributed by atoms with Gasteiger partial charge in [-0.2, -0.15) is 4.98 Å². The van der Waals surface area contributed by atoms with Crippen molar-refractivity contribution >= 4 is 17.5 Å². The Balaban J connectivity index is 1.74. The largest absolute Gasteiger partial charge is 0.491 e. The van der Waals surface area contributed by atoms with E-state index >= 15 is 0 Å². The molecule has 0 amide bonds. The summed E-state index contributed by atoms with van der Waals surface area (Å²) in [6.07, 6.45) is 2.62. The minimum Gasteiger partial charge on any atom is -0.491 e. The van der Waals surface area contributed by atoms with Gasteiger partial charge in [-0.15, -0.1) is 0 Å². The third kappa shape index (κ3) is 4.12. The van der Waals surface area contributed by atoms with Crippen molar-refractivity contribution in [3.63, 3.8) is 0 Å². The predicted molar refractivity (Wildman–Crippen MR) is 93.7 cm³/mol. The molecule has 0 bridgehead atoms. The first-order valence-corrected chi connectivity index (χ1v) is 8.24. The smallest absolute Gasteiger partial charge is 0.227 e. The molecule has 1 aromatic heterocycles. The lowest BCUT2D eigenvalue weighted by molar-refractivity contribution is 0.242. The minimum atomic E-state index is 0.182. The number of benzene rings is 1. The molecular weight excluding hydrogens is 288 g/mol. The van der Waals surface area contributed by atoms with E-state index in [-0.39, 0.29) is 6.10 Å². The highest BCUT2D eigenvalue weighted by Gasteiger charge is 2.16. The molecule has 0 radical (unpaired) electrons. The van der Waals surface area contributed by atoms with Gasteiger partial charge in [-0.25, -0.2) is 4.98 Å². The third-order valence-corrected chi connectivity index (χ3v) is 3.73. The van der Waals surface area contributed by atoms with Gasteiger partial charge in [-0.05, 0) is 57.9 Å². The van der Waals surface area contributed by atoms with Crippen LogP contribution in [0.2, 0.25) is 0 Å². The van der Waals surface area contributed by atoms with Gasteiger partial charge in [0.05, 0.1) is 6.10 Å². The molecule has 122 valence electrons. The van der Waals surface area contributed by atoms with Crippen LogP contribution in [-0.2, 0) is 0 Å². The zero-order valence-corrected chi connectivity index (χ0v) is 14.0. The number of hydrogen-bond acceptors (Lipinski definition) is 5. The van der Waals surface area contributed by atoms with E-state index in [0.717, 1.165) is 42.0 Å². The van der Waals surface area contributed by atoms with Crippen molar-refractivity contribution in [2.45, 2.75) is 39.7 Å². The van der Waals surface area contributed by atoms with E-state index in [1.165, 1.54) is 12.8 Å². The molecule has 0 aliphatic carbocycles. The van der Waals surface area contributed by atoms with Crippen molar-refractivity contribution in [2.24, 2.45) is 0 Å². The highest BCUT2D eigenvalue weighted by atomic mass is 16.5. The molecule has 2 aromatic rings. The van der Waals surface area contributed by atoms with Crippen LogP contribution in [0.15, 0.2) is 30.3 Å². The summed E-state index contributed by atoms with van der Waals surface area (Å²) in [7, 11) is 0. The first kappa shape index (κ1) is 15.6. The molecule has 0 spiro atoms. The lowest BCUT2D eigenvalue weighted by atomic mass is 10.3. The quantitative estimate of drug-likeness (QED) is 0.907. The van der Waals surface area contributed by atoms with E-state index in [1.807, 2.05) is 51.1 Å². The number of anilines is 3. The van der Waals surface area contributed by atoms with Crippen LogP contribution in [0.4, 0.5) is 17.5 Å². The van der Waals surface area contributed by atoms with Gasteiger partial charge in [-0.1, -0.05) is 0 Å². The van der Waals surface area contributed by atoms with Crippen LogP contribution in [0.25, 0.3) is 0 Å². The molecule has 1 fully saturated rings. The average molecular weight is 312 g/mol. The third-order valence-electron chi connectivity index (χ3n) is 3.73. The van der Waals surface area contributed by atoms with Crippen LogP contribution in [0.1, 0.15) is 32.4 Å². The van der Waals surface area contributed by atoms with Crippen molar-refractivity contribution in [2.75, 3.05) is 23.3 Å². The molecule has 1 aromatic carbocycles. The second-order valence-electron chi connectivity index (χ2n) is 6.20. The van der Waals surface area contributed by atoms with Crippen molar-refractivity contribution in [1.29, 1.82) is 0 Å². The summed E-state index contributed by atoms with van der Waals surface area (Å²) in [4.78, 5) is 11.5. The van der Waals surface area contributed by atoms with Crippen LogP contribution < -0.4 is 15.0 Å². The zero-order valence-electron chi connectivity index (χ0n) is 14.0. The van der Waals surface area contributed by atoms with Gasteiger partial charge >= 0.3 is 0 Å². The van der Waals surface area contributed by atoms with Gasteiger partial charge in [0.15, 0.2) is 0 Å². The summed E-state index contributed by atoms with van der Waals surface area (Å²) < 4.78 is 5.67. The maximum atomic E-state index is 5.67. The molecule has 0 unspecified atom stereocenters. The predicted octanol–water partition coefficient (Wildman–Crippen LogP) is 3.92. The Kier molecular flexibility index (Phi) is 4.65. The SMILES string of the molecule is Cc1cc(Nc2ccc(OC(C)C)cc2)nc(N2CCCC2)n1. The molecule has 5 nitrogen and oxygen atoms in total. The van der Waals surface area contributed by atoms with Crippen LogP contribution in [0.5, 0.6) is 5.75 Å². The molecule has 1 N–H and O–H groups in total. The Morgan fingerprint density at radius 2 is 1.78 bits per heavy atom. The van der Waals surface area contributed by atoms with Gasteiger partial charge < -0.3 is 15.0 Å². The van der Waals surface area contributed by atoms with E-state index in [0.29, 0.717) is 0 Å². The van der Waals surface area contributed by atoms with Gasteiger partial charge in [0.1, 0.15) is 11.6 Å². The fourth-order valence-electron chi connectivity index (χ4n) is 2.71. The van der Waals surface area contributed by atoms with Crippen LogP contribution in [0.3, 0.4) is 0 Å². The van der Waals surface area contributed by atoms with E-state index in [1.54, 1.807) is 0 Å². The van der Waals surface area contributed by atoms with E-state index in [2.05, 4.69) is 20.2 Å². The fourth-order valence-corrected chi connectivity index (χ4v) is 2.71.